The van der Waals surface area contributed by atoms with E-state index in [9.17, 15) is 0 Å². The maximum absolute atomic E-state index is 5.71. The van der Waals surface area contributed by atoms with Gasteiger partial charge >= 0.3 is 0 Å². The van der Waals surface area contributed by atoms with Crippen molar-refractivity contribution in [2.75, 3.05) is 62.3 Å². The van der Waals surface area contributed by atoms with Gasteiger partial charge in [-0.1, -0.05) is 19.3 Å². The topological polar surface area (TPSA) is 186 Å². The summed E-state index contributed by atoms with van der Waals surface area (Å²) >= 11 is 0. The molecule has 3 aliphatic heterocycles. The third-order valence-corrected chi connectivity index (χ3v) is 11.5. The van der Waals surface area contributed by atoms with Crippen LogP contribution < -0.4 is 44.4 Å². The van der Waals surface area contributed by atoms with E-state index in [-0.39, 0.29) is 53.6 Å². The molecular weight excluding hydrogens is 797 g/mol. The Morgan fingerprint density at radius 1 is 0.439 bits per heavy atom. The molecule has 3 aromatic rings. The normalized spacial score (nSPS) is 17.9. The minimum absolute atomic E-state index is 0. The summed E-state index contributed by atoms with van der Waals surface area (Å²) in [6, 6.07) is 14.1. The number of halogens is 3. The summed E-state index contributed by atoms with van der Waals surface area (Å²) in [6.07, 6.45) is 12.3. The Hall–Kier alpha value is -2.91. The van der Waals surface area contributed by atoms with Crippen LogP contribution in [0.15, 0.2) is 36.4 Å². The molecule has 0 saturated heterocycles. The van der Waals surface area contributed by atoms with Crippen molar-refractivity contribution in [3.05, 3.63) is 69.8 Å². The molecular formula is C42H68Cl3N3O9. The minimum atomic E-state index is 0. The van der Waals surface area contributed by atoms with Crippen molar-refractivity contribution in [3.8, 4) is 34.5 Å². The Bertz CT molecular complexity index is 1560. The summed E-state index contributed by atoms with van der Waals surface area (Å²) in [6.45, 7) is 2.96. The number of hydrogen-bond donors (Lipinski definition) is 3. The van der Waals surface area contributed by atoms with Crippen molar-refractivity contribution < 1.29 is 44.8 Å². The van der Waals surface area contributed by atoms with Crippen molar-refractivity contribution in [1.29, 1.82) is 0 Å². The molecule has 3 heterocycles. The summed E-state index contributed by atoms with van der Waals surface area (Å²) < 4.78 is 34.0. The van der Waals surface area contributed by atoms with Gasteiger partial charge in [-0.3, -0.25) is 0 Å². The van der Waals surface area contributed by atoms with Crippen LogP contribution in [0.1, 0.15) is 103 Å². The average Bonchev–Trinajstić information content (AvgIpc) is 3.18. The number of hydrogen-bond acceptors (Lipinski definition) is 9. The highest BCUT2D eigenvalue weighted by Gasteiger charge is 2.27. The van der Waals surface area contributed by atoms with Crippen LogP contribution in [0, 0.1) is 5.92 Å². The fourth-order valence-corrected chi connectivity index (χ4v) is 8.70. The van der Waals surface area contributed by atoms with Crippen LogP contribution in [-0.2, 0) is 19.3 Å². The Balaban J connectivity index is 0.00000523. The molecule has 3 aromatic carbocycles. The molecule has 9 N–H and O–H groups in total. The molecule has 326 valence electrons. The molecule has 0 saturated carbocycles. The quantitative estimate of drug-likeness (QED) is 0.132. The van der Waals surface area contributed by atoms with E-state index in [1.807, 2.05) is 0 Å². The first kappa shape index (κ1) is 54.1. The lowest BCUT2D eigenvalue weighted by Gasteiger charge is -2.31. The number of fused-ring (bicyclic) bond motifs is 3. The van der Waals surface area contributed by atoms with Crippen LogP contribution in [0.25, 0.3) is 0 Å². The second kappa shape index (κ2) is 26.2. The van der Waals surface area contributed by atoms with Crippen LogP contribution in [0.3, 0.4) is 0 Å². The van der Waals surface area contributed by atoms with Crippen molar-refractivity contribution >= 4 is 37.2 Å². The fraction of sp³-hybridized carbons (Fsp3) is 0.571. The zero-order valence-electron chi connectivity index (χ0n) is 34.3. The van der Waals surface area contributed by atoms with Gasteiger partial charge in [0.1, 0.15) is 0 Å². The Morgan fingerprint density at radius 3 is 1.05 bits per heavy atom. The first-order valence-electron chi connectivity index (χ1n) is 18.9. The molecule has 0 aliphatic carbocycles. The van der Waals surface area contributed by atoms with Gasteiger partial charge in [0.05, 0.1) is 42.7 Å². The molecule has 0 spiro atoms. The van der Waals surface area contributed by atoms with E-state index in [1.165, 1.54) is 65.5 Å². The van der Waals surface area contributed by atoms with Crippen LogP contribution in [0.2, 0.25) is 0 Å². The Morgan fingerprint density at radius 2 is 0.737 bits per heavy atom. The summed E-state index contributed by atoms with van der Waals surface area (Å²) in [7, 11) is 10.3. The average molecular weight is 865 g/mol. The van der Waals surface area contributed by atoms with Crippen molar-refractivity contribution in [1.82, 2.24) is 16.0 Å². The van der Waals surface area contributed by atoms with Gasteiger partial charge in [-0.25, -0.2) is 0 Å². The summed E-state index contributed by atoms with van der Waals surface area (Å²) in [4.78, 5) is 0. The predicted molar refractivity (Wildman–Crippen MR) is 235 cm³/mol. The summed E-state index contributed by atoms with van der Waals surface area (Å²) in [5.41, 5.74) is 8.19. The highest BCUT2D eigenvalue weighted by Crippen LogP contribution is 2.41. The van der Waals surface area contributed by atoms with E-state index < -0.39 is 0 Å². The van der Waals surface area contributed by atoms with Crippen molar-refractivity contribution in [2.45, 2.75) is 88.8 Å². The molecule has 15 heteroatoms. The maximum Gasteiger partial charge on any atom is 0.161 e. The Labute approximate surface area is 358 Å². The van der Waals surface area contributed by atoms with E-state index in [0.29, 0.717) is 24.0 Å². The lowest BCUT2D eigenvalue weighted by atomic mass is 9.83. The molecule has 12 nitrogen and oxygen atoms in total. The Kier molecular flexibility index (Phi) is 24.9. The van der Waals surface area contributed by atoms with Crippen molar-refractivity contribution in [3.63, 3.8) is 0 Å². The molecule has 0 radical (unpaired) electrons. The van der Waals surface area contributed by atoms with E-state index >= 15 is 0 Å². The highest BCUT2D eigenvalue weighted by atomic mass is 35.5. The molecule has 0 fully saturated rings. The molecule has 57 heavy (non-hydrogen) atoms. The molecule has 0 bridgehead atoms. The smallest absolute Gasteiger partial charge is 0.161 e. The van der Waals surface area contributed by atoms with Gasteiger partial charge in [-0.05, 0) is 147 Å². The standard InChI is InChI=1S/C42H59N3O6.3ClH.3H2O/c1-46-37-21-28-15-18-43-34(31(28)24-40(37)49-4)10-8-7-9-27(11-13-35-32-25-41(50-5)38(47-2)22-29(32)16-19-44-35)12-14-36-33-26-42(51-6)39(48-3)23-30(33)17-20-45-36;;;;;;/h21-27,34-36,43-45H,7-20H2,1-6H3;3*1H;3*1H2. The molecule has 0 aromatic heterocycles. The van der Waals surface area contributed by atoms with Gasteiger partial charge in [0.2, 0.25) is 0 Å². The summed E-state index contributed by atoms with van der Waals surface area (Å²) in [5, 5.41) is 11.5. The van der Waals surface area contributed by atoms with E-state index in [4.69, 9.17) is 28.4 Å². The van der Waals surface area contributed by atoms with Gasteiger partial charge in [0.25, 0.3) is 0 Å². The zero-order chi connectivity index (χ0) is 35.7. The number of rotatable bonds is 17. The van der Waals surface area contributed by atoms with E-state index in [0.717, 1.165) is 92.7 Å². The highest BCUT2D eigenvalue weighted by molar-refractivity contribution is 5.86. The minimum Gasteiger partial charge on any atom is -0.493 e. The molecule has 3 aliphatic rings. The zero-order valence-corrected chi connectivity index (χ0v) is 36.8. The number of nitrogens with one attached hydrogen (secondary N) is 3. The molecule has 3 unspecified atom stereocenters. The molecule has 3 atom stereocenters. The SMILES string of the molecule is COc1cc2c(cc1OC)C(CCCCC(CCC1NCCc3cc(OC)c(OC)cc31)CCC1NCCc3cc(OC)c(OC)cc31)NCC2.Cl.Cl.Cl.O.O.O. The number of methoxy groups -OCH3 is 6. The van der Waals surface area contributed by atoms with E-state index in [2.05, 4.69) is 52.3 Å². The largest absolute Gasteiger partial charge is 0.493 e. The third kappa shape index (κ3) is 12.8. The van der Waals surface area contributed by atoms with Gasteiger partial charge < -0.3 is 60.8 Å². The van der Waals surface area contributed by atoms with Gasteiger partial charge in [0.15, 0.2) is 34.5 Å². The van der Waals surface area contributed by atoms with Gasteiger partial charge in [0, 0.05) is 18.1 Å². The monoisotopic (exact) mass is 863 g/mol. The second-order valence-corrected chi connectivity index (χ2v) is 14.3. The first-order valence-corrected chi connectivity index (χ1v) is 18.9. The fourth-order valence-electron chi connectivity index (χ4n) is 8.70. The number of unbranched alkanes of at least 4 members (excludes halogenated alkanes) is 1. The van der Waals surface area contributed by atoms with Gasteiger partial charge in [-0.15, -0.1) is 37.2 Å². The van der Waals surface area contributed by atoms with Crippen LogP contribution in [-0.4, -0.2) is 78.7 Å². The van der Waals surface area contributed by atoms with Crippen LogP contribution in [0.5, 0.6) is 34.5 Å². The maximum atomic E-state index is 5.71. The van der Waals surface area contributed by atoms with Gasteiger partial charge in [-0.2, -0.15) is 0 Å². The van der Waals surface area contributed by atoms with Crippen LogP contribution in [0.4, 0.5) is 0 Å². The predicted octanol–water partition coefficient (Wildman–Crippen LogP) is 6.23. The lowest BCUT2D eigenvalue weighted by Crippen LogP contribution is -2.31. The number of benzene rings is 3. The van der Waals surface area contributed by atoms with Crippen LogP contribution >= 0.6 is 37.2 Å². The third-order valence-electron chi connectivity index (χ3n) is 11.5. The number of ether oxygens (including phenoxy) is 6. The first-order chi connectivity index (χ1) is 25.0. The van der Waals surface area contributed by atoms with Crippen molar-refractivity contribution in [2.24, 2.45) is 5.92 Å². The molecule has 6 rings (SSSR count). The lowest BCUT2D eigenvalue weighted by molar-refractivity contribution is 0.319. The van der Waals surface area contributed by atoms with E-state index in [1.54, 1.807) is 42.7 Å². The molecule has 0 amide bonds. The second-order valence-electron chi connectivity index (χ2n) is 14.3. The summed E-state index contributed by atoms with van der Waals surface area (Å²) in [5.74, 6) is 5.51.